The molecule has 0 aliphatic carbocycles. The van der Waals surface area contributed by atoms with E-state index in [-0.39, 0.29) is 30.6 Å². The summed E-state index contributed by atoms with van der Waals surface area (Å²) in [6, 6.07) is 3.16. The number of halogens is 1. The van der Waals surface area contributed by atoms with E-state index in [1.165, 1.54) is 12.3 Å². The number of amidine groups is 1. The largest absolute Gasteiger partial charge is 0.460 e. The molecular weight excluding hydrogens is 258 g/mol. The third kappa shape index (κ3) is 2.60. The van der Waals surface area contributed by atoms with Crippen molar-refractivity contribution in [1.29, 1.82) is 5.41 Å². The Morgan fingerprint density at radius 2 is 2.28 bits per heavy atom. The minimum Gasteiger partial charge on any atom is -0.460 e. The summed E-state index contributed by atoms with van der Waals surface area (Å²) in [7, 11) is 0. The summed E-state index contributed by atoms with van der Waals surface area (Å²) >= 11 is 0. The standard InChI is InChI=1S/C11H11N3O3.ClH/c1-2-16-11(15)8-4-6-3-7(9(12)13)5-14-10(6)17-8;/h3-5H,2H2,1H3,(H3,12,13);1H. The average molecular weight is 270 g/mol. The molecule has 0 spiro atoms. The lowest BCUT2D eigenvalue weighted by Crippen LogP contribution is -2.10. The smallest absolute Gasteiger partial charge is 0.374 e. The minimum absolute atomic E-state index is 0. The number of nitrogen functional groups attached to an aromatic ring is 1. The molecule has 0 unspecified atom stereocenters. The van der Waals surface area contributed by atoms with Crippen LogP contribution in [-0.2, 0) is 4.74 Å². The van der Waals surface area contributed by atoms with Gasteiger partial charge in [-0.2, -0.15) is 0 Å². The molecule has 18 heavy (non-hydrogen) atoms. The number of hydrogen-bond donors (Lipinski definition) is 2. The average Bonchev–Trinajstić information content (AvgIpc) is 2.71. The third-order valence-corrected chi connectivity index (χ3v) is 2.16. The summed E-state index contributed by atoms with van der Waals surface area (Å²) in [5.41, 5.74) is 6.14. The molecule has 7 heteroatoms. The number of carbonyl (C=O) groups is 1. The Bertz CT molecular complexity index is 594. The maximum Gasteiger partial charge on any atom is 0.374 e. The molecular formula is C11H12ClN3O3. The number of pyridine rings is 1. The SMILES string of the molecule is CCOC(=O)c1cc2cc(C(=N)N)cnc2o1.Cl. The number of aromatic nitrogens is 1. The number of nitrogens with zero attached hydrogens (tertiary/aromatic N) is 1. The van der Waals surface area contributed by atoms with Gasteiger partial charge in [0.1, 0.15) is 5.84 Å². The summed E-state index contributed by atoms with van der Waals surface area (Å²) in [4.78, 5) is 15.4. The Kier molecular flexibility index (Phi) is 4.28. The van der Waals surface area contributed by atoms with Gasteiger partial charge in [-0.3, -0.25) is 5.41 Å². The summed E-state index contributed by atoms with van der Waals surface area (Å²) in [5, 5.41) is 7.90. The van der Waals surface area contributed by atoms with Crippen molar-refractivity contribution >= 4 is 35.3 Å². The van der Waals surface area contributed by atoms with E-state index in [9.17, 15) is 4.79 Å². The Labute approximate surface area is 109 Å². The number of fused-ring (bicyclic) bond motifs is 1. The van der Waals surface area contributed by atoms with Crippen LogP contribution >= 0.6 is 12.4 Å². The van der Waals surface area contributed by atoms with Gasteiger partial charge in [-0.15, -0.1) is 12.4 Å². The van der Waals surface area contributed by atoms with E-state index >= 15 is 0 Å². The van der Waals surface area contributed by atoms with Crippen molar-refractivity contribution in [3.8, 4) is 0 Å². The number of nitrogens with one attached hydrogen (secondary N) is 1. The van der Waals surface area contributed by atoms with E-state index < -0.39 is 5.97 Å². The van der Waals surface area contributed by atoms with E-state index in [2.05, 4.69) is 4.98 Å². The van der Waals surface area contributed by atoms with Gasteiger partial charge < -0.3 is 14.9 Å². The topological polar surface area (TPSA) is 102 Å². The van der Waals surface area contributed by atoms with Gasteiger partial charge in [-0.05, 0) is 13.0 Å². The first-order chi connectivity index (χ1) is 8.11. The zero-order chi connectivity index (χ0) is 12.4. The first kappa shape index (κ1) is 14.0. The number of nitrogens with two attached hydrogens (primary N) is 1. The molecule has 0 aliphatic heterocycles. The molecule has 0 bridgehead atoms. The summed E-state index contributed by atoms with van der Waals surface area (Å²) in [6.45, 7) is 1.99. The molecule has 2 heterocycles. The second-order valence-corrected chi connectivity index (χ2v) is 3.36. The molecule has 0 atom stereocenters. The van der Waals surface area contributed by atoms with Crippen LogP contribution in [0.1, 0.15) is 23.0 Å². The lowest BCUT2D eigenvalue weighted by Gasteiger charge is -1.95. The van der Waals surface area contributed by atoms with Gasteiger partial charge >= 0.3 is 5.97 Å². The van der Waals surface area contributed by atoms with Gasteiger partial charge in [0.05, 0.1) is 6.61 Å². The van der Waals surface area contributed by atoms with Crippen LogP contribution in [-0.4, -0.2) is 23.4 Å². The van der Waals surface area contributed by atoms with Crippen LogP contribution in [0.4, 0.5) is 0 Å². The second-order valence-electron chi connectivity index (χ2n) is 3.36. The van der Waals surface area contributed by atoms with Crippen LogP contribution in [0.25, 0.3) is 11.1 Å². The lowest BCUT2D eigenvalue weighted by molar-refractivity contribution is 0.0492. The lowest BCUT2D eigenvalue weighted by atomic mass is 10.2. The Hall–Kier alpha value is -2.08. The van der Waals surface area contributed by atoms with Crippen LogP contribution in [0.5, 0.6) is 0 Å². The Balaban J connectivity index is 0.00000162. The number of rotatable bonds is 3. The van der Waals surface area contributed by atoms with Crippen molar-refractivity contribution in [3.05, 3.63) is 29.7 Å². The van der Waals surface area contributed by atoms with Gasteiger partial charge in [0, 0.05) is 23.2 Å². The van der Waals surface area contributed by atoms with Crippen molar-refractivity contribution in [1.82, 2.24) is 4.98 Å². The van der Waals surface area contributed by atoms with Gasteiger partial charge in [0.25, 0.3) is 0 Å². The molecule has 3 N–H and O–H groups in total. The highest BCUT2D eigenvalue weighted by Crippen LogP contribution is 2.19. The molecule has 0 fully saturated rings. The normalized spacial score (nSPS) is 9.83. The molecule has 96 valence electrons. The predicted molar refractivity (Wildman–Crippen MR) is 68.2 cm³/mol. The number of hydrogen-bond acceptors (Lipinski definition) is 5. The van der Waals surface area contributed by atoms with Gasteiger partial charge in [-0.1, -0.05) is 0 Å². The van der Waals surface area contributed by atoms with E-state index in [1.807, 2.05) is 0 Å². The fraction of sp³-hybridized carbons (Fsp3) is 0.182. The Morgan fingerprint density at radius 3 is 2.89 bits per heavy atom. The zero-order valence-electron chi connectivity index (χ0n) is 9.60. The molecule has 0 saturated heterocycles. The van der Waals surface area contributed by atoms with Crippen LogP contribution in [0.2, 0.25) is 0 Å². The van der Waals surface area contributed by atoms with Crippen molar-refractivity contribution in [3.63, 3.8) is 0 Å². The maximum absolute atomic E-state index is 11.4. The molecule has 2 aromatic heterocycles. The Morgan fingerprint density at radius 1 is 1.56 bits per heavy atom. The highest BCUT2D eigenvalue weighted by Gasteiger charge is 2.14. The van der Waals surface area contributed by atoms with Crippen molar-refractivity contribution < 1.29 is 13.9 Å². The quantitative estimate of drug-likeness (QED) is 0.502. The molecule has 0 radical (unpaired) electrons. The fourth-order valence-corrected chi connectivity index (χ4v) is 1.38. The van der Waals surface area contributed by atoms with Crippen molar-refractivity contribution in [2.75, 3.05) is 6.61 Å². The van der Waals surface area contributed by atoms with Crippen molar-refractivity contribution in [2.24, 2.45) is 5.73 Å². The number of carbonyl (C=O) groups excluding carboxylic acids is 1. The van der Waals surface area contributed by atoms with Gasteiger partial charge in [0.2, 0.25) is 11.5 Å². The van der Waals surface area contributed by atoms with E-state index in [4.69, 9.17) is 20.3 Å². The van der Waals surface area contributed by atoms with Crippen LogP contribution in [0.15, 0.2) is 22.7 Å². The maximum atomic E-state index is 11.4. The molecule has 0 aliphatic rings. The summed E-state index contributed by atoms with van der Waals surface area (Å²) < 4.78 is 10.0. The molecule has 2 aromatic rings. The fourth-order valence-electron chi connectivity index (χ4n) is 1.38. The van der Waals surface area contributed by atoms with Crippen LogP contribution in [0, 0.1) is 5.41 Å². The third-order valence-electron chi connectivity index (χ3n) is 2.16. The van der Waals surface area contributed by atoms with E-state index in [0.717, 1.165) is 0 Å². The van der Waals surface area contributed by atoms with E-state index in [1.54, 1.807) is 13.0 Å². The number of esters is 1. The monoisotopic (exact) mass is 269 g/mol. The highest BCUT2D eigenvalue weighted by atomic mass is 35.5. The highest BCUT2D eigenvalue weighted by molar-refractivity contribution is 5.98. The molecule has 6 nitrogen and oxygen atoms in total. The first-order valence-corrected chi connectivity index (χ1v) is 5.03. The molecule has 0 saturated carbocycles. The molecule has 0 aromatic carbocycles. The summed E-state index contributed by atoms with van der Waals surface area (Å²) in [6.07, 6.45) is 1.42. The van der Waals surface area contributed by atoms with E-state index in [0.29, 0.717) is 16.7 Å². The number of furan rings is 1. The van der Waals surface area contributed by atoms with Crippen LogP contribution in [0.3, 0.4) is 0 Å². The molecule has 0 amide bonds. The first-order valence-electron chi connectivity index (χ1n) is 5.03. The van der Waals surface area contributed by atoms with Crippen LogP contribution < -0.4 is 5.73 Å². The number of ether oxygens (including phenoxy) is 1. The predicted octanol–water partition coefficient (Wildman–Crippen LogP) is 1.71. The van der Waals surface area contributed by atoms with Gasteiger partial charge in [-0.25, -0.2) is 9.78 Å². The molecule has 2 rings (SSSR count). The second kappa shape index (κ2) is 5.50. The summed E-state index contributed by atoms with van der Waals surface area (Å²) in [5.74, 6) is -0.525. The van der Waals surface area contributed by atoms with Crippen molar-refractivity contribution in [2.45, 2.75) is 6.92 Å². The zero-order valence-corrected chi connectivity index (χ0v) is 10.4. The van der Waals surface area contributed by atoms with Gasteiger partial charge in [0.15, 0.2) is 0 Å². The minimum atomic E-state index is -0.533.